The lowest BCUT2D eigenvalue weighted by atomic mass is 10.0. The highest BCUT2D eigenvalue weighted by molar-refractivity contribution is 5.97. The number of fused-ring (bicyclic) bond motifs is 1. The molecule has 162 valence electrons. The van der Waals surface area contributed by atoms with Gasteiger partial charge in [0.25, 0.3) is 5.56 Å². The molecular weight excluding hydrogens is 390 g/mol. The van der Waals surface area contributed by atoms with Gasteiger partial charge in [-0.3, -0.25) is 9.89 Å². The molecule has 7 heteroatoms. The first-order chi connectivity index (χ1) is 14.8. The highest BCUT2D eigenvalue weighted by Gasteiger charge is 2.21. The first kappa shape index (κ1) is 21.1. The minimum absolute atomic E-state index is 0.0510. The van der Waals surface area contributed by atoms with Crippen LogP contribution in [0.3, 0.4) is 0 Å². The van der Waals surface area contributed by atoms with E-state index in [1.54, 1.807) is 7.05 Å². The van der Waals surface area contributed by atoms with Gasteiger partial charge in [0.15, 0.2) is 0 Å². The molecule has 3 heterocycles. The Kier molecular flexibility index (Phi) is 5.54. The van der Waals surface area contributed by atoms with Gasteiger partial charge in [-0.2, -0.15) is 10.2 Å². The normalized spacial score (nSPS) is 11.7. The molecule has 4 rings (SSSR count). The van der Waals surface area contributed by atoms with Crippen LogP contribution in [0.4, 0.5) is 0 Å². The SMILES string of the molecule is Cc1n[nH]c(C)c1Cn1cc2c(CC(C)C)nn(C)c(=O)c2c1-c1cccc(CO)c1. The molecule has 0 saturated carbocycles. The Bertz CT molecular complexity index is 1290. The van der Waals surface area contributed by atoms with E-state index in [1.807, 2.05) is 44.3 Å². The summed E-state index contributed by atoms with van der Waals surface area (Å²) in [5.74, 6) is 0.413. The monoisotopic (exact) mass is 419 g/mol. The van der Waals surface area contributed by atoms with Crippen molar-refractivity contribution in [2.75, 3.05) is 0 Å². The number of aliphatic hydroxyl groups is 1. The zero-order chi connectivity index (χ0) is 22.3. The van der Waals surface area contributed by atoms with Crippen LogP contribution in [0, 0.1) is 19.8 Å². The lowest BCUT2D eigenvalue weighted by Crippen LogP contribution is -2.22. The quantitative estimate of drug-likeness (QED) is 0.501. The van der Waals surface area contributed by atoms with Crippen LogP contribution in [-0.4, -0.2) is 29.7 Å². The lowest BCUT2D eigenvalue weighted by molar-refractivity contribution is 0.282. The molecule has 3 aromatic heterocycles. The van der Waals surface area contributed by atoms with E-state index in [4.69, 9.17) is 0 Å². The number of aryl methyl sites for hydroxylation is 3. The van der Waals surface area contributed by atoms with Gasteiger partial charge in [0.2, 0.25) is 0 Å². The molecule has 0 bridgehead atoms. The van der Waals surface area contributed by atoms with E-state index in [0.717, 1.165) is 51.3 Å². The number of benzene rings is 1. The minimum atomic E-state index is -0.119. The Morgan fingerprint density at radius 1 is 1.23 bits per heavy atom. The molecular formula is C24H29N5O2. The molecule has 0 spiro atoms. The summed E-state index contributed by atoms with van der Waals surface area (Å²) in [5.41, 5.74) is 6.42. The van der Waals surface area contributed by atoms with Crippen molar-refractivity contribution in [3.8, 4) is 11.3 Å². The molecule has 0 aliphatic heterocycles. The topological polar surface area (TPSA) is 88.7 Å². The molecule has 0 aliphatic rings. The molecule has 0 amide bonds. The molecule has 0 unspecified atom stereocenters. The van der Waals surface area contributed by atoms with Gasteiger partial charge in [-0.25, -0.2) is 4.68 Å². The predicted octanol–water partition coefficient (Wildman–Crippen LogP) is 3.48. The van der Waals surface area contributed by atoms with Gasteiger partial charge in [0.05, 0.1) is 35.6 Å². The average molecular weight is 420 g/mol. The van der Waals surface area contributed by atoms with Crippen molar-refractivity contribution in [3.63, 3.8) is 0 Å². The van der Waals surface area contributed by atoms with Crippen LogP contribution in [0.15, 0.2) is 35.3 Å². The predicted molar refractivity (Wildman–Crippen MR) is 122 cm³/mol. The maximum absolute atomic E-state index is 13.3. The summed E-state index contributed by atoms with van der Waals surface area (Å²) in [4.78, 5) is 13.3. The van der Waals surface area contributed by atoms with Crippen LogP contribution in [0.5, 0.6) is 0 Å². The third kappa shape index (κ3) is 3.81. The van der Waals surface area contributed by atoms with Crippen molar-refractivity contribution in [1.29, 1.82) is 0 Å². The number of aromatic amines is 1. The zero-order valence-corrected chi connectivity index (χ0v) is 18.7. The summed E-state index contributed by atoms with van der Waals surface area (Å²) in [6.45, 7) is 8.84. The van der Waals surface area contributed by atoms with Gasteiger partial charge in [-0.1, -0.05) is 32.0 Å². The molecule has 0 saturated heterocycles. The van der Waals surface area contributed by atoms with Crippen molar-refractivity contribution in [2.45, 2.75) is 47.3 Å². The number of H-pyrrole nitrogens is 1. The summed E-state index contributed by atoms with van der Waals surface area (Å²) >= 11 is 0. The molecule has 7 nitrogen and oxygen atoms in total. The third-order valence-electron chi connectivity index (χ3n) is 5.76. The second-order valence-electron chi connectivity index (χ2n) is 8.64. The first-order valence-corrected chi connectivity index (χ1v) is 10.6. The highest BCUT2D eigenvalue weighted by Crippen LogP contribution is 2.32. The molecule has 0 fully saturated rings. The number of hydrogen-bond donors (Lipinski definition) is 2. The van der Waals surface area contributed by atoms with Crippen molar-refractivity contribution >= 4 is 10.8 Å². The van der Waals surface area contributed by atoms with Crippen LogP contribution < -0.4 is 5.56 Å². The molecule has 31 heavy (non-hydrogen) atoms. The van der Waals surface area contributed by atoms with Gasteiger partial charge >= 0.3 is 0 Å². The van der Waals surface area contributed by atoms with E-state index in [9.17, 15) is 9.90 Å². The van der Waals surface area contributed by atoms with Crippen molar-refractivity contribution in [1.82, 2.24) is 24.5 Å². The molecule has 0 atom stereocenters. The summed E-state index contributed by atoms with van der Waals surface area (Å²) in [7, 11) is 1.71. The van der Waals surface area contributed by atoms with Crippen LogP contribution >= 0.6 is 0 Å². The molecule has 4 aromatic rings. The van der Waals surface area contributed by atoms with E-state index in [1.165, 1.54) is 4.68 Å². The lowest BCUT2D eigenvalue weighted by Gasteiger charge is -2.12. The Morgan fingerprint density at radius 3 is 2.65 bits per heavy atom. The molecule has 0 radical (unpaired) electrons. The van der Waals surface area contributed by atoms with Gasteiger partial charge in [-0.05, 0) is 43.4 Å². The summed E-state index contributed by atoms with van der Waals surface area (Å²) in [6, 6.07) is 7.73. The van der Waals surface area contributed by atoms with Crippen LogP contribution in [0.2, 0.25) is 0 Å². The van der Waals surface area contributed by atoms with Gasteiger partial charge in [-0.15, -0.1) is 0 Å². The van der Waals surface area contributed by atoms with E-state index in [0.29, 0.717) is 17.8 Å². The Hall–Kier alpha value is -3.19. The maximum atomic E-state index is 13.3. The van der Waals surface area contributed by atoms with Crippen molar-refractivity contribution < 1.29 is 5.11 Å². The van der Waals surface area contributed by atoms with Crippen molar-refractivity contribution in [3.05, 3.63) is 69.0 Å². The number of hydrogen-bond acceptors (Lipinski definition) is 4. The largest absolute Gasteiger partial charge is 0.392 e. The Balaban J connectivity index is 2.05. The molecule has 1 aromatic carbocycles. The Morgan fingerprint density at radius 2 is 2.00 bits per heavy atom. The van der Waals surface area contributed by atoms with E-state index < -0.39 is 0 Å². The second-order valence-corrected chi connectivity index (χ2v) is 8.64. The molecule has 0 aliphatic carbocycles. The van der Waals surface area contributed by atoms with E-state index in [-0.39, 0.29) is 12.2 Å². The number of nitrogens with zero attached hydrogens (tertiary/aromatic N) is 4. The fourth-order valence-electron chi connectivity index (χ4n) is 4.20. The fourth-order valence-corrected chi connectivity index (χ4v) is 4.20. The van der Waals surface area contributed by atoms with Gasteiger partial charge in [0, 0.05) is 29.9 Å². The van der Waals surface area contributed by atoms with Crippen LogP contribution in [-0.2, 0) is 26.6 Å². The smallest absolute Gasteiger partial charge is 0.276 e. The van der Waals surface area contributed by atoms with E-state index in [2.05, 4.69) is 33.7 Å². The standard InChI is InChI=1S/C24H29N5O2/c1-14(2)9-21-20-12-29(11-19-15(3)25-26-16(19)4)23(22(20)24(31)28(5)27-21)18-8-6-7-17(10-18)13-30/h6-8,10,12,14,30H,9,11,13H2,1-5H3,(H,25,26). The minimum Gasteiger partial charge on any atom is -0.392 e. The van der Waals surface area contributed by atoms with Gasteiger partial charge < -0.3 is 9.67 Å². The first-order valence-electron chi connectivity index (χ1n) is 10.6. The van der Waals surface area contributed by atoms with Gasteiger partial charge in [0.1, 0.15) is 0 Å². The third-order valence-corrected chi connectivity index (χ3v) is 5.76. The second kappa shape index (κ2) is 8.15. The summed E-state index contributed by atoms with van der Waals surface area (Å²) in [5, 5.41) is 23.2. The highest BCUT2D eigenvalue weighted by atomic mass is 16.3. The van der Waals surface area contributed by atoms with Crippen LogP contribution in [0.25, 0.3) is 22.0 Å². The number of rotatable bonds is 6. The summed E-state index contributed by atoms with van der Waals surface area (Å²) < 4.78 is 3.57. The van der Waals surface area contributed by atoms with Crippen molar-refractivity contribution in [2.24, 2.45) is 13.0 Å². The summed E-state index contributed by atoms with van der Waals surface area (Å²) in [6.07, 6.45) is 2.84. The number of aliphatic hydroxyl groups excluding tert-OH is 1. The Labute approximate surface area is 181 Å². The number of nitrogens with one attached hydrogen (secondary N) is 1. The fraction of sp³-hybridized carbons (Fsp3) is 0.375. The average Bonchev–Trinajstić information content (AvgIpc) is 3.27. The molecule has 2 N–H and O–H groups in total. The maximum Gasteiger partial charge on any atom is 0.276 e. The number of aromatic nitrogens is 5. The van der Waals surface area contributed by atoms with E-state index >= 15 is 0 Å². The van der Waals surface area contributed by atoms with Crippen LogP contribution in [0.1, 0.15) is 42.1 Å². The zero-order valence-electron chi connectivity index (χ0n) is 18.7.